The molecule has 0 aromatic heterocycles. The normalized spacial score (nSPS) is 11.8. The van der Waals surface area contributed by atoms with Gasteiger partial charge in [0.15, 0.2) is 0 Å². The molecule has 0 saturated heterocycles. The van der Waals surface area contributed by atoms with E-state index in [2.05, 4.69) is 0 Å². The molecular formula is C22H26O6Te. The number of hydrogen-bond acceptors (Lipinski definition) is 4. The molecule has 2 aromatic carbocycles. The van der Waals surface area contributed by atoms with E-state index in [0.29, 0.717) is 7.22 Å². The summed E-state index contributed by atoms with van der Waals surface area (Å²) in [7, 11) is 0. The van der Waals surface area contributed by atoms with Gasteiger partial charge in [-0.3, -0.25) is 0 Å². The average molecular weight is 514 g/mol. The van der Waals surface area contributed by atoms with Crippen LogP contribution in [0.2, 0.25) is 0 Å². The van der Waals surface area contributed by atoms with Crippen molar-refractivity contribution in [1.29, 1.82) is 0 Å². The van der Waals surface area contributed by atoms with E-state index in [0.717, 1.165) is 0 Å². The molecule has 0 aliphatic heterocycles. The number of ether oxygens (including phenoxy) is 2. The molecule has 0 atom stereocenters. The molecule has 0 bridgehead atoms. The third-order valence-electron chi connectivity index (χ3n) is 3.46. The molecular weight excluding hydrogens is 488 g/mol. The van der Waals surface area contributed by atoms with E-state index in [4.69, 9.17) is 9.47 Å². The van der Waals surface area contributed by atoms with Gasteiger partial charge in [-0.2, -0.15) is 0 Å². The first-order valence-corrected chi connectivity index (χ1v) is 11.4. The van der Waals surface area contributed by atoms with Crippen LogP contribution in [0.4, 0.5) is 0 Å². The minimum atomic E-state index is -1.35. The third kappa shape index (κ3) is 6.38. The number of hydrogen-bond donors (Lipinski definition) is 2. The van der Waals surface area contributed by atoms with Crippen molar-refractivity contribution in [2.24, 2.45) is 0 Å². The fourth-order valence-electron chi connectivity index (χ4n) is 2.56. The Kier molecular flexibility index (Phi) is 6.87. The Labute approximate surface area is 180 Å². The van der Waals surface area contributed by atoms with Crippen LogP contribution < -0.4 is 16.7 Å². The van der Waals surface area contributed by atoms with E-state index < -0.39 is 44.1 Å². The van der Waals surface area contributed by atoms with E-state index in [1.807, 2.05) is 41.5 Å². The summed E-state index contributed by atoms with van der Waals surface area (Å²) in [4.78, 5) is 24.0. The third-order valence-corrected chi connectivity index (χ3v) is 6.65. The van der Waals surface area contributed by atoms with E-state index in [1.165, 1.54) is 0 Å². The van der Waals surface area contributed by atoms with Gasteiger partial charge in [-0.1, -0.05) is 0 Å². The number of carboxylic acids is 2. The average Bonchev–Trinajstić information content (AvgIpc) is 2.51. The molecule has 0 amide bonds. The number of rotatable bonds is 6. The molecule has 2 rings (SSSR count). The van der Waals surface area contributed by atoms with Crippen LogP contribution in [0.5, 0.6) is 11.5 Å². The van der Waals surface area contributed by atoms with E-state index in [-0.39, 0.29) is 22.6 Å². The molecule has 0 spiro atoms. The van der Waals surface area contributed by atoms with Crippen LogP contribution in [0.3, 0.4) is 0 Å². The number of carbonyl (C=O) groups is 2. The van der Waals surface area contributed by atoms with Gasteiger partial charge in [0.2, 0.25) is 0 Å². The fourth-order valence-corrected chi connectivity index (χ4v) is 5.73. The van der Waals surface area contributed by atoms with Crippen LogP contribution >= 0.6 is 0 Å². The molecule has 0 heterocycles. The molecule has 0 aliphatic carbocycles. The molecule has 156 valence electrons. The van der Waals surface area contributed by atoms with Crippen LogP contribution in [0, 0.1) is 0 Å². The monoisotopic (exact) mass is 516 g/mol. The zero-order chi connectivity index (χ0) is 22.0. The van der Waals surface area contributed by atoms with Crippen LogP contribution in [0.25, 0.3) is 0 Å². The Morgan fingerprint density at radius 2 is 1.07 bits per heavy atom. The van der Waals surface area contributed by atoms with Gasteiger partial charge >= 0.3 is 181 Å². The Hall–Kier alpha value is -2.23. The molecule has 0 unspecified atom stereocenters. The molecule has 7 heteroatoms. The molecule has 29 heavy (non-hydrogen) atoms. The minimum absolute atomic E-state index is 0.0864. The van der Waals surface area contributed by atoms with Gasteiger partial charge < -0.3 is 0 Å². The molecule has 0 fully saturated rings. The Morgan fingerprint density at radius 3 is 1.34 bits per heavy atom. The van der Waals surface area contributed by atoms with Crippen molar-refractivity contribution in [2.75, 3.05) is 0 Å². The van der Waals surface area contributed by atoms with Gasteiger partial charge in [0.05, 0.1) is 0 Å². The summed E-state index contributed by atoms with van der Waals surface area (Å²) >= 11 is -1.35. The SMILES string of the molecule is CC(C)(C)Oc1cccc([Te]c2cccc(OC(C)(C)C)c2C(=O)O)c1C(=O)O. The quantitative estimate of drug-likeness (QED) is 0.577. The van der Waals surface area contributed by atoms with Crippen molar-refractivity contribution in [3.05, 3.63) is 47.5 Å². The topological polar surface area (TPSA) is 93.1 Å². The zero-order valence-corrected chi connectivity index (χ0v) is 19.7. The second-order valence-corrected chi connectivity index (χ2v) is 11.5. The van der Waals surface area contributed by atoms with Gasteiger partial charge in [-0.25, -0.2) is 0 Å². The van der Waals surface area contributed by atoms with E-state index in [1.54, 1.807) is 36.4 Å². The Bertz CT molecular complexity index is 846. The summed E-state index contributed by atoms with van der Waals surface area (Å²) in [5.74, 6) is -1.62. The molecule has 6 nitrogen and oxygen atoms in total. The summed E-state index contributed by atoms with van der Waals surface area (Å²) in [6, 6.07) is 10.2. The Morgan fingerprint density at radius 1 is 0.724 bits per heavy atom. The van der Waals surface area contributed by atoms with Crippen LogP contribution in [0.15, 0.2) is 36.4 Å². The van der Waals surface area contributed by atoms with E-state index in [9.17, 15) is 19.8 Å². The van der Waals surface area contributed by atoms with E-state index >= 15 is 0 Å². The first kappa shape index (κ1) is 23.1. The summed E-state index contributed by atoms with van der Waals surface area (Å²) in [5.41, 5.74) is -0.946. The van der Waals surface area contributed by atoms with Crippen molar-refractivity contribution in [1.82, 2.24) is 0 Å². The van der Waals surface area contributed by atoms with Gasteiger partial charge in [0.1, 0.15) is 0 Å². The molecule has 2 aromatic rings. The van der Waals surface area contributed by atoms with Crippen molar-refractivity contribution >= 4 is 40.1 Å². The first-order valence-electron chi connectivity index (χ1n) is 9.07. The summed E-state index contributed by atoms with van der Waals surface area (Å²) in [6.07, 6.45) is 0. The summed E-state index contributed by atoms with van der Waals surface area (Å²) in [6.45, 7) is 11.1. The second kappa shape index (κ2) is 8.64. The number of benzene rings is 2. The molecule has 0 saturated carbocycles. The summed E-state index contributed by atoms with van der Waals surface area (Å²) in [5, 5.41) is 19.6. The van der Waals surface area contributed by atoms with Crippen molar-refractivity contribution in [2.45, 2.75) is 52.7 Å². The molecule has 0 radical (unpaired) electrons. The van der Waals surface area contributed by atoms with Crippen molar-refractivity contribution in [3.63, 3.8) is 0 Å². The van der Waals surface area contributed by atoms with Crippen LogP contribution in [-0.2, 0) is 0 Å². The van der Waals surface area contributed by atoms with Gasteiger partial charge in [0, 0.05) is 0 Å². The summed E-state index contributed by atoms with van der Waals surface area (Å²) < 4.78 is 12.9. The molecule has 0 aliphatic rings. The maximum atomic E-state index is 12.0. The standard InChI is InChI=1S/C22H26O6Te/c1-21(2,3)27-13-9-7-11-15(17(13)19(23)24)29-16-12-8-10-14(18(16)20(25)26)28-22(4,5)6/h7-12H,1-6H3,(H,23,24)(H,25,26). The maximum absolute atomic E-state index is 12.0. The number of aromatic carboxylic acids is 2. The van der Waals surface area contributed by atoms with Crippen molar-refractivity contribution < 1.29 is 29.3 Å². The fraction of sp³-hybridized carbons (Fsp3) is 0.364. The Balaban J connectivity index is 2.57. The second-order valence-electron chi connectivity index (χ2n) is 8.40. The van der Waals surface area contributed by atoms with Crippen LogP contribution in [-0.4, -0.2) is 54.3 Å². The predicted octanol–water partition coefficient (Wildman–Crippen LogP) is 3.09. The van der Waals surface area contributed by atoms with Crippen LogP contribution in [0.1, 0.15) is 62.3 Å². The predicted molar refractivity (Wildman–Crippen MR) is 113 cm³/mol. The zero-order valence-electron chi connectivity index (χ0n) is 17.4. The van der Waals surface area contributed by atoms with Crippen molar-refractivity contribution in [3.8, 4) is 11.5 Å². The van der Waals surface area contributed by atoms with Gasteiger partial charge in [-0.05, 0) is 0 Å². The molecule has 2 N–H and O–H groups in total. The number of carboxylic acid groups (broad SMARTS) is 2. The van der Waals surface area contributed by atoms with Gasteiger partial charge in [-0.15, -0.1) is 0 Å². The first-order chi connectivity index (χ1) is 13.3. The van der Waals surface area contributed by atoms with Gasteiger partial charge in [0.25, 0.3) is 0 Å².